The Bertz CT molecular complexity index is 1070. The lowest BCUT2D eigenvalue weighted by Gasteiger charge is -2.27. The van der Waals surface area contributed by atoms with Gasteiger partial charge in [0.1, 0.15) is 5.82 Å². The Kier molecular flexibility index (Phi) is 5.30. The van der Waals surface area contributed by atoms with E-state index in [1.807, 2.05) is 25.1 Å². The Morgan fingerprint density at radius 1 is 1.24 bits per heavy atom. The summed E-state index contributed by atoms with van der Waals surface area (Å²) in [4.78, 5) is 30.9. The number of para-hydroxylation sites is 2. The van der Waals surface area contributed by atoms with Crippen LogP contribution >= 0.6 is 11.8 Å². The van der Waals surface area contributed by atoms with Gasteiger partial charge in [-0.25, -0.2) is 9.37 Å². The molecule has 0 aliphatic carbocycles. The van der Waals surface area contributed by atoms with E-state index >= 15 is 0 Å². The summed E-state index contributed by atoms with van der Waals surface area (Å²) in [6, 6.07) is 13.2. The summed E-state index contributed by atoms with van der Waals surface area (Å²) < 4.78 is 13.9. The van der Waals surface area contributed by atoms with Crippen LogP contribution in [0, 0.1) is 5.82 Å². The van der Waals surface area contributed by atoms with Gasteiger partial charge in [-0.3, -0.25) is 14.7 Å². The van der Waals surface area contributed by atoms with E-state index < -0.39 is 5.82 Å². The van der Waals surface area contributed by atoms with Crippen LogP contribution in [0.4, 0.5) is 15.8 Å². The molecule has 3 aromatic rings. The molecule has 2 N–H and O–H groups in total. The van der Waals surface area contributed by atoms with E-state index in [2.05, 4.69) is 20.5 Å². The Morgan fingerprint density at radius 2 is 2.00 bits per heavy atom. The van der Waals surface area contributed by atoms with Gasteiger partial charge in [-0.15, -0.1) is 5.10 Å². The molecule has 0 bridgehead atoms. The molecule has 0 spiro atoms. The minimum atomic E-state index is -0.400. The van der Waals surface area contributed by atoms with Crippen molar-refractivity contribution in [2.45, 2.75) is 24.5 Å². The van der Waals surface area contributed by atoms with Gasteiger partial charge in [-0.1, -0.05) is 36.0 Å². The van der Waals surface area contributed by atoms with Crippen LogP contribution in [-0.4, -0.2) is 38.8 Å². The van der Waals surface area contributed by atoms with Crippen LogP contribution in [0.25, 0.3) is 11.4 Å². The monoisotopic (exact) mass is 411 g/mol. The maximum atomic E-state index is 13.9. The number of carbonyl (C=O) groups excluding carboxylic acids is 2. The average molecular weight is 411 g/mol. The van der Waals surface area contributed by atoms with Crippen molar-refractivity contribution in [2.24, 2.45) is 0 Å². The van der Waals surface area contributed by atoms with Crippen molar-refractivity contribution < 1.29 is 14.0 Å². The summed E-state index contributed by atoms with van der Waals surface area (Å²) in [7, 11) is 0. The molecular formula is C20H18FN5O2S. The van der Waals surface area contributed by atoms with Crippen molar-refractivity contribution in [1.29, 1.82) is 0 Å². The number of thioether (sulfide) groups is 1. The molecule has 0 fully saturated rings. The van der Waals surface area contributed by atoms with Crippen LogP contribution in [0.2, 0.25) is 0 Å². The highest BCUT2D eigenvalue weighted by Crippen LogP contribution is 2.32. The van der Waals surface area contributed by atoms with Crippen LogP contribution in [0.15, 0.2) is 53.7 Å². The second-order valence-electron chi connectivity index (χ2n) is 6.62. The molecule has 2 heterocycles. The Balaban J connectivity index is 1.50. The number of aromatic nitrogens is 3. The molecule has 1 aliphatic rings. The molecule has 2 amide bonds. The number of halogens is 1. The Morgan fingerprint density at radius 3 is 2.83 bits per heavy atom. The average Bonchev–Trinajstić information content (AvgIpc) is 3.12. The second kappa shape index (κ2) is 8.04. The number of hydrogen-bond donors (Lipinski definition) is 2. The highest BCUT2D eigenvalue weighted by Gasteiger charge is 2.29. The molecule has 4 rings (SSSR count). The van der Waals surface area contributed by atoms with Gasteiger partial charge >= 0.3 is 0 Å². The topological polar surface area (TPSA) is 91.0 Å². The molecule has 0 saturated heterocycles. The van der Waals surface area contributed by atoms with Crippen LogP contribution in [-0.2, 0) is 9.59 Å². The molecule has 7 nitrogen and oxygen atoms in total. The van der Waals surface area contributed by atoms with E-state index in [0.717, 1.165) is 11.8 Å². The van der Waals surface area contributed by atoms with E-state index in [1.165, 1.54) is 6.07 Å². The fourth-order valence-corrected chi connectivity index (χ4v) is 3.91. The Labute approximate surface area is 170 Å². The number of carbonyl (C=O) groups is 2. The van der Waals surface area contributed by atoms with Crippen LogP contribution < -0.4 is 10.2 Å². The normalized spacial score (nSPS) is 16.1. The minimum Gasteiger partial charge on any atom is -0.324 e. The highest BCUT2D eigenvalue weighted by molar-refractivity contribution is 7.99. The van der Waals surface area contributed by atoms with Crippen molar-refractivity contribution in [3.63, 3.8) is 0 Å². The van der Waals surface area contributed by atoms with Gasteiger partial charge in [-0.2, -0.15) is 0 Å². The number of rotatable bonds is 4. The fraction of sp³-hybridized carbons (Fsp3) is 0.200. The first-order chi connectivity index (χ1) is 14.0. The molecule has 2 aromatic carbocycles. The summed E-state index contributed by atoms with van der Waals surface area (Å²) in [6.45, 7) is 1.84. The van der Waals surface area contributed by atoms with Gasteiger partial charge in [0.05, 0.1) is 22.7 Å². The number of amides is 2. The van der Waals surface area contributed by atoms with Crippen molar-refractivity contribution in [3.8, 4) is 11.4 Å². The van der Waals surface area contributed by atoms with Crippen molar-refractivity contribution in [3.05, 3.63) is 54.3 Å². The third kappa shape index (κ3) is 4.00. The molecule has 9 heteroatoms. The summed E-state index contributed by atoms with van der Waals surface area (Å²) >= 11 is 1.16. The van der Waals surface area contributed by atoms with E-state index in [9.17, 15) is 14.0 Å². The van der Waals surface area contributed by atoms with Crippen molar-refractivity contribution in [1.82, 2.24) is 15.2 Å². The summed E-state index contributed by atoms with van der Waals surface area (Å²) in [5.74, 6) is -0.300. The molecule has 29 heavy (non-hydrogen) atoms. The summed E-state index contributed by atoms with van der Waals surface area (Å²) in [5, 5.41) is 9.95. The molecular weight excluding hydrogens is 393 g/mol. The zero-order valence-electron chi connectivity index (χ0n) is 15.6. The third-order valence-electron chi connectivity index (χ3n) is 4.55. The van der Waals surface area contributed by atoms with Crippen molar-refractivity contribution in [2.75, 3.05) is 16.0 Å². The lowest BCUT2D eigenvalue weighted by molar-refractivity contribution is -0.117. The van der Waals surface area contributed by atoms with Crippen LogP contribution in [0.1, 0.15) is 13.3 Å². The predicted octanol–water partition coefficient (Wildman–Crippen LogP) is 3.47. The maximum absolute atomic E-state index is 13.9. The van der Waals surface area contributed by atoms with E-state index in [4.69, 9.17) is 0 Å². The van der Waals surface area contributed by atoms with E-state index in [0.29, 0.717) is 27.9 Å². The van der Waals surface area contributed by atoms with Crippen LogP contribution in [0.5, 0.6) is 0 Å². The molecule has 0 radical (unpaired) electrons. The van der Waals surface area contributed by atoms with Gasteiger partial charge in [-0.05, 0) is 31.2 Å². The first-order valence-electron chi connectivity index (χ1n) is 9.04. The van der Waals surface area contributed by atoms with Gasteiger partial charge < -0.3 is 10.2 Å². The molecule has 0 unspecified atom stereocenters. The first-order valence-corrected chi connectivity index (χ1v) is 10.0. The Hall–Kier alpha value is -3.20. The van der Waals surface area contributed by atoms with Crippen LogP contribution in [0.3, 0.4) is 0 Å². The van der Waals surface area contributed by atoms with E-state index in [1.54, 1.807) is 29.2 Å². The smallest absolute Gasteiger partial charge is 0.237 e. The number of nitrogens with zero attached hydrogens (tertiary/aromatic N) is 3. The quantitative estimate of drug-likeness (QED) is 0.642. The first kappa shape index (κ1) is 19.1. The molecule has 1 atom stereocenters. The summed E-state index contributed by atoms with van der Waals surface area (Å²) in [6.07, 6.45) is 0.211. The van der Waals surface area contributed by atoms with E-state index in [-0.39, 0.29) is 30.0 Å². The largest absolute Gasteiger partial charge is 0.324 e. The van der Waals surface area contributed by atoms with Gasteiger partial charge in [0.15, 0.2) is 5.82 Å². The predicted molar refractivity (Wildman–Crippen MR) is 109 cm³/mol. The number of H-pyrrole nitrogens is 1. The molecule has 0 saturated carbocycles. The van der Waals surface area contributed by atoms with Crippen molar-refractivity contribution >= 4 is 35.0 Å². The lowest BCUT2D eigenvalue weighted by atomic mass is 10.2. The van der Waals surface area contributed by atoms with Gasteiger partial charge in [0.2, 0.25) is 17.0 Å². The number of anilines is 2. The number of aromatic amines is 1. The van der Waals surface area contributed by atoms with Gasteiger partial charge in [0, 0.05) is 12.5 Å². The number of benzene rings is 2. The number of nitrogens with one attached hydrogen (secondary N) is 2. The zero-order valence-corrected chi connectivity index (χ0v) is 16.4. The van der Waals surface area contributed by atoms with Gasteiger partial charge in [0.25, 0.3) is 0 Å². The maximum Gasteiger partial charge on any atom is 0.237 e. The zero-order chi connectivity index (χ0) is 20.4. The number of fused-ring (bicyclic) bond motifs is 1. The molecule has 1 aromatic heterocycles. The second-order valence-corrected chi connectivity index (χ2v) is 7.56. The highest BCUT2D eigenvalue weighted by atomic mass is 32.2. The standard InChI is InChI=1S/C20H18FN5O2S/c1-12-10-17(27)22-15-8-4-5-9-16(15)26(12)18(28)11-29-20-23-19(24-25-20)13-6-2-3-7-14(13)21/h2-9,12H,10-11H2,1H3,(H,22,27)(H,23,24,25)/t12-/m1/s1. The molecule has 148 valence electrons. The minimum absolute atomic E-state index is 0.0848. The molecule has 1 aliphatic heterocycles. The fourth-order valence-electron chi connectivity index (χ4n) is 3.25. The number of hydrogen-bond acceptors (Lipinski definition) is 5. The lowest BCUT2D eigenvalue weighted by Crippen LogP contribution is -2.40. The third-order valence-corrected chi connectivity index (χ3v) is 5.38. The summed E-state index contributed by atoms with van der Waals surface area (Å²) in [5.41, 5.74) is 1.59. The SMILES string of the molecule is C[C@@H]1CC(=O)Nc2ccccc2N1C(=O)CSc1n[nH]c(-c2ccccc2F)n1.